The van der Waals surface area contributed by atoms with E-state index in [-0.39, 0.29) is 11.8 Å². The number of para-hydroxylation sites is 1. The van der Waals surface area contributed by atoms with Crippen LogP contribution in [0.3, 0.4) is 0 Å². The summed E-state index contributed by atoms with van der Waals surface area (Å²) in [6.07, 6.45) is 2.21. The Morgan fingerprint density at radius 2 is 1.86 bits per heavy atom. The van der Waals surface area contributed by atoms with Crippen molar-refractivity contribution < 1.29 is 9.90 Å². The van der Waals surface area contributed by atoms with E-state index in [1.165, 1.54) is 27.4 Å². The van der Waals surface area contributed by atoms with Gasteiger partial charge in [-0.15, -0.1) is 0 Å². The van der Waals surface area contributed by atoms with E-state index in [0.29, 0.717) is 0 Å². The number of carboxylic acids is 1. The maximum absolute atomic E-state index is 11.2. The first-order valence-corrected chi connectivity index (χ1v) is 7.88. The van der Waals surface area contributed by atoms with Gasteiger partial charge in [0, 0.05) is 33.8 Å². The van der Waals surface area contributed by atoms with Crippen LogP contribution in [0.4, 0.5) is 0 Å². The van der Waals surface area contributed by atoms with E-state index in [9.17, 15) is 9.90 Å². The zero-order valence-corrected chi connectivity index (χ0v) is 12.7. The summed E-state index contributed by atoms with van der Waals surface area (Å²) in [7, 11) is 0. The number of aliphatic carboxylic acids is 1. The third kappa shape index (κ3) is 1.85. The Bertz CT molecular complexity index is 887. The summed E-state index contributed by atoms with van der Waals surface area (Å²) in [5.41, 5.74) is 3.54. The molecule has 1 heterocycles. The summed E-state index contributed by atoms with van der Waals surface area (Å²) in [4.78, 5) is 11.2. The smallest absolute Gasteiger partial charge is 0.304 e. The number of rotatable bonds is 4. The summed E-state index contributed by atoms with van der Waals surface area (Å²) in [6, 6.07) is 15.0. The number of aromatic nitrogens is 1. The minimum Gasteiger partial charge on any atom is -0.481 e. The molecule has 1 saturated carbocycles. The zero-order valence-electron chi connectivity index (χ0n) is 12.7. The first-order chi connectivity index (χ1) is 10.6. The molecule has 3 heteroatoms. The number of hydrogen-bond acceptors (Lipinski definition) is 1. The van der Waals surface area contributed by atoms with Crippen molar-refractivity contribution in [2.75, 3.05) is 0 Å². The fourth-order valence-electron chi connectivity index (χ4n) is 3.73. The lowest BCUT2D eigenvalue weighted by Crippen LogP contribution is -2.12. The summed E-state index contributed by atoms with van der Waals surface area (Å²) in [5, 5.41) is 11.7. The molecule has 0 radical (unpaired) electrons. The molecule has 1 fully saturated rings. The lowest BCUT2D eigenvalue weighted by Gasteiger charge is -2.13. The van der Waals surface area contributed by atoms with Gasteiger partial charge in [-0.1, -0.05) is 24.3 Å². The van der Waals surface area contributed by atoms with Gasteiger partial charge in [0.1, 0.15) is 0 Å². The average Bonchev–Trinajstić information content (AvgIpc) is 3.22. The van der Waals surface area contributed by atoms with Crippen LogP contribution in [-0.2, 0) is 16.8 Å². The standard InChI is InChI=1S/C19H19NO2/c1-2-20-16-6-4-3-5-14(16)15-11-13(7-8-17(15)20)19(9-10-19)12-18(21)22/h3-8,11H,2,9-10,12H2,1H3,(H,21,22). The molecule has 0 spiro atoms. The SMILES string of the molecule is CCn1c2ccccc2c2cc(C3(CC(=O)O)CC3)ccc21. The molecule has 112 valence electrons. The quantitative estimate of drug-likeness (QED) is 0.778. The average molecular weight is 293 g/mol. The molecule has 0 bridgehead atoms. The Kier molecular flexibility index (Phi) is 2.80. The predicted molar refractivity (Wildman–Crippen MR) is 88.3 cm³/mol. The van der Waals surface area contributed by atoms with Crippen molar-refractivity contribution in [2.45, 2.75) is 38.1 Å². The Hall–Kier alpha value is -2.29. The molecule has 0 atom stereocenters. The van der Waals surface area contributed by atoms with Gasteiger partial charge < -0.3 is 9.67 Å². The number of carbonyl (C=O) groups is 1. The number of carboxylic acid groups (broad SMARTS) is 1. The van der Waals surface area contributed by atoms with E-state index in [1.807, 2.05) is 0 Å². The number of benzene rings is 2. The molecular weight excluding hydrogens is 274 g/mol. The van der Waals surface area contributed by atoms with Gasteiger partial charge in [-0.25, -0.2) is 0 Å². The molecule has 0 amide bonds. The monoisotopic (exact) mass is 293 g/mol. The molecule has 0 saturated heterocycles. The van der Waals surface area contributed by atoms with Gasteiger partial charge in [-0.05, 0) is 43.5 Å². The molecule has 1 N–H and O–H groups in total. The van der Waals surface area contributed by atoms with Crippen molar-refractivity contribution in [1.29, 1.82) is 0 Å². The van der Waals surface area contributed by atoms with Gasteiger partial charge in [0.15, 0.2) is 0 Å². The van der Waals surface area contributed by atoms with Crippen LogP contribution in [-0.4, -0.2) is 15.6 Å². The number of hydrogen-bond donors (Lipinski definition) is 1. The number of nitrogens with zero attached hydrogens (tertiary/aromatic N) is 1. The molecule has 2 aromatic carbocycles. The van der Waals surface area contributed by atoms with Gasteiger partial charge in [-0.2, -0.15) is 0 Å². The molecule has 1 aliphatic carbocycles. The number of fused-ring (bicyclic) bond motifs is 3. The van der Waals surface area contributed by atoms with Crippen LogP contribution in [0.2, 0.25) is 0 Å². The highest BCUT2D eigenvalue weighted by Gasteiger charge is 2.46. The van der Waals surface area contributed by atoms with Crippen LogP contribution in [0.15, 0.2) is 42.5 Å². The minimum atomic E-state index is -0.700. The maximum atomic E-state index is 11.2. The van der Waals surface area contributed by atoms with E-state index in [0.717, 1.165) is 19.4 Å². The van der Waals surface area contributed by atoms with Crippen molar-refractivity contribution in [1.82, 2.24) is 4.57 Å². The Morgan fingerprint density at radius 1 is 1.14 bits per heavy atom. The molecule has 3 aromatic rings. The first kappa shape index (κ1) is 13.4. The second-order valence-electron chi connectivity index (χ2n) is 6.34. The van der Waals surface area contributed by atoms with Crippen LogP contribution in [0.5, 0.6) is 0 Å². The lowest BCUT2D eigenvalue weighted by atomic mass is 9.91. The first-order valence-electron chi connectivity index (χ1n) is 7.88. The molecular formula is C19H19NO2. The summed E-state index contributed by atoms with van der Waals surface area (Å²) >= 11 is 0. The Labute approximate surface area is 129 Å². The van der Waals surface area contributed by atoms with Crippen LogP contribution in [0, 0.1) is 0 Å². The maximum Gasteiger partial charge on any atom is 0.304 e. The van der Waals surface area contributed by atoms with E-state index in [1.54, 1.807) is 0 Å². The lowest BCUT2D eigenvalue weighted by molar-refractivity contribution is -0.137. The normalized spacial score (nSPS) is 16.2. The van der Waals surface area contributed by atoms with Gasteiger partial charge in [0.2, 0.25) is 0 Å². The second-order valence-corrected chi connectivity index (χ2v) is 6.34. The molecule has 4 rings (SSSR count). The highest BCUT2D eigenvalue weighted by Crippen LogP contribution is 2.51. The summed E-state index contributed by atoms with van der Waals surface area (Å²) < 4.78 is 2.32. The van der Waals surface area contributed by atoms with Crippen molar-refractivity contribution in [3.63, 3.8) is 0 Å². The topological polar surface area (TPSA) is 42.2 Å². The van der Waals surface area contributed by atoms with E-state index in [2.05, 4.69) is 54.0 Å². The summed E-state index contributed by atoms with van der Waals surface area (Å²) in [6.45, 7) is 3.09. The Morgan fingerprint density at radius 3 is 2.55 bits per heavy atom. The van der Waals surface area contributed by atoms with E-state index < -0.39 is 5.97 Å². The van der Waals surface area contributed by atoms with Crippen LogP contribution >= 0.6 is 0 Å². The van der Waals surface area contributed by atoms with Crippen LogP contribution in [0.25, 0.3) is 21.8 Å². The molecule has 0 unspecified atom stereocenters. The highest BCUT2D eigenvalue weighted by atomic mass is 16.4. The molecule has 1 aromatic heterocycles. The molecule has 3 nitrogen and oxygen atoms in total. The zero-order chi connectivity index (χ0) is 15.3. The number of aryl methyl sites for hydroxylation is 1. The van der Waals surface area contributed by atoms with Crippen LogP contribution < -0.4 is 0 Å². The van der Waals surface area contributed by atoms with Crippen molar-refractivity contribution in [3.05, 3.63) is 48.0 Å². The second kappa shape index (κ2) is 4.60. The molecule has 0 aliphatic heterocycles. The summed E-state index contributed by atoms with van der Waals surface area (Å²) in [5.74, 6) is -0.700. The largest absolute Gasteiger partial charge is 0.481 e. The van der Waals surface area contributed by atoms with Crippen molar-refractivity contribution in [3.8, 4) is 0 Å². The third-order valence-electron chi connectivity index (χ3n) is 5.04. The van der Waals surface area contributed by atoms with E-state index >= 15 is 0 Å². The predicted octanol–water partition coefficient (Wildman–Crippen LogP) is 4.32. The third-order valence-corrected chi connectivity index (χ3v) is 5.04. The van der Waals surface area contributed by atoms with Gasteiger partial charge in [0.05, 0.1) is 6.42 Å². The molecule has 1 aliphatic rings. The highest BCUT2D eigenvalue weighted by molar-refractivity contribution is 6.08. The van der Waals surface area contributed by atoms with Crippen LogP contribution in [0.1, 0.15) is 31.7 Å². The van der Waals surface area contributed by atoms with Gasteiger partial charge in [-0.3, -0.25) is 4.79 Å². The molecule has 22 heavy (non-hydrogen) atoms. The fourth-order valence-corrected chi connectivity index (χ4v) is 3.73. The minimum absolute atomic E-state index is 0.130. The Balaban J connectivity index is 1.95. The van der Waals surface area contributed by atoms with Crippen molar-refractivity contribution in [2.24, 2.45) is 0 Å². The fraction of sp³-hybridized carbons (Fsp3) is 0.316. The van der Waals surface area contributed by atoms with Gasteiger partial charge >= 0.3 is 5.97 Å². The van der Waals surface area contributed by atoms with Crippen molar-refractivity contribution >= 4 is 27.8 Å². The van der Waals surface area contributed by atoms with Gasteiger partial charge in [0.25, 0.3) is 0 Å². The van der Waals surface area contributed by atoms with E-state index in [4.69, 9.17) is 0 Å².